The molecule has 0 aromatic heterocycles. The van der Waals surface area contributed by atoms with Crippen molar-refractivity contribution in [3.63, 3.8) is 0 Å². The number of hydrogen-bond donors (Lipinski definition) is 5. The van der Waals surface area contributed by atoms with Gasteiger partial charge >= 0.3 is 6.09 Å². The smallest absolute Gasteiger partial charge is 0.407 e. The minimum atomic E-state index is -1.10. The van der Waals surface area contributed by atoms with Crippen molar-refractivity contribution in [2.75, 3.05) is 55.4 Å². The van der Waals surface area contributed by atoms with Gasteiger partial charge in [-0.15, -0.1) is 0 Å². The van der Waals surface area contributed by atoms with Crippen LogP contribution in [0.4, 0.5) is 4.79 Å². The fourth-order valence-electron chi connectivity index (χ4n) is 10.6. The Balaban J connectivity index is 0.000000715. The van der Waals surface area contributed by atoms with Crippen LogP contribution < -0.4 is 10.6 Å². The highest BCUT2D eigenvalue weighted by molar-refractivity contribution is 9.09. The molecule has 440 valence electrons. The number of alkyl halides is 3. The summed E-state index contributed by atoms with van der Waals surface area (Å²) in [6.45, 7) is 8.07. The standard InChI is InChI=1S/C35H47Br3N2O3.C15H31NO2.C10H21NO5/c36-21-9-17-35(18-10-22-37,19-11-23-38)20-16-33(41)39-24-7-1-2-8-25-40-34(42)43-27-32-30-14-5-3-12-28(30)26-29-13-4-6-15-31(29)32;1-4-7-10-15(11-8-5-2,12-9-6-3)13-14-16(17)18;12-7-1-4-10(11(15)16,5-2-8-13)6-3-9-14/h3-6,12-15,26H,1-2,7-11,16-25,27H2,(H,39,41)(H,40,42);4-14H2,1-3H3;12-14H,1-9H2. The lowest BCUT2D eigenvalue weighted by Crippen LogP contribution is -2.39. The second-order valence-electron chi connectivity index (χ2n) is 21.0. The third-order valence-corrected chi connectivity index (χ3v) is 16.8. The summed E-state index contributed by atoms with van der Waals surface area (Å²) in [5.41, 5.74) is 0.431. The van der Waals surface area contributed by atoms with Gasteiger partial charge in [0.15, 0.2) is 0 Å². The molecule has 0 radical (unpaired) electrons. The molecule has 0 spiro atoms. The van der Waals surface area contributed by atoms with Gasteiger partial charge in [-0.25, -0.2) is 4.79 Å². The molecule has 0 unspecified atom stereocenters. The Bertz CT molecular complexity index is 1910. The zero-order chi connectivity index (χ0) is 57.1. The maximum Gasteiger partial charge on any atom is 0.407 e. The molecule has 0 aliphatic heterocycles. The molecule has 0 aliphatic carbocycles. The molecule has 0 aliphatic rings. The molecular formula is C60H99Br3N4O10. The summed E-state index contributed by atoms with van der Waals surface area (Å²) < 4.78 is 5.62. The van der Waals surface area contributed by atoms with Gasteiger partial charge in [-0.3, -0.25) is 25.0 Å². The van der Waals surface area contributed by atoms with Crippen molar-refractivity contribution in [2.24, 2.45) is 10.8 Å². The molecule has 17 heteroatoms. The van der Waals surface area contributed by atoms with E-state index in [0.29, 0.717) is 38.8 Å². The molecule has 3 aromatic carbocycles. The summed E-state index contributed by atoms with van der Waals surface area (Å²) in [7, 11) is 0. The predicted molar refractivity (Wildman–Crippen MR) is 328 cm³/mol. The summed E-state index contributed by atoms with van der Waals surface area (Å²) in [5.74, 6) is 0.171. The first-order chi connectivity index (χ1) is 37.2. The topological polar surface area (TPSA) is 214 Å². The van der Waals surface area contributed by atoms with E-state index in [1.165, 1.54) is 77.0 Å². The quantitative estimate of drug-likeness (QED) is 0.0119. The Kier molecular flexibility index (Phi) is 41.9. The molecule has 5 N–H and O–H groups in total. The summed E-state index contributed by atoms with van der Waals surface area (Å²) in [6, 6.07) is 18.6. The van der Waals surface area contributed by atoms with Crippen molar-refractivity contribution in [2.45, 2.75) is 213 Å². The first kappa shape index (κ1) is 72.1. The number of ether oxygens (including phenoxy) is 1. The van der Waals surface area contributed by atoms with Crippen LogP contribution in [0, 0.1) is 31.1 Å². The highest BCUT2D eigenvalue weighted by atomic mass is 79.9. The van der Waals surface area contributed by atoms with E-state index in [1.54, 1.807) is 0 Å². The van der Waals surface area contributed by atoms with Gasteiger partial charge in [0.25, 0.3) is 0 Å². The number of nitro groups is 2. The number of unbranched alkanes of at least 4 members (excludes halogenated alkanes) is 6. The Morgan fingerprint density at radius 1 is 0.545 bits per heavy atom. The monoisotopic (exact) mass is 1270 g/mol. The number of aliphatic hydroxyl groups excluding tert-OH is 3. The fraction of sp³-hybridized carbons (Fsp3) is 0.733. The first-order valence-corrected chi connectivity index (χ1v) is 32.4. The molecule has 0 saturated heterocycles. The highest BCUT2D eigenvalue weighted by Crippen LogP contribution is 2.41. The van der Waals surface area contributed by atoms with E-state index in [4.69, 9.17) is 20.1 Å². The molecule has 0 fully saturated rings. The van der Waals surface area contributed by atoms with Gasteiger partial charge in [-0.1, -0.05) is 168 Å². The number of nitrogens with zero attached hydrogens (tertiary/aromatic N) is 2. The van der Waals surface area contributed by atoms with Crippen LogP contribution in [0.5, 0.6) is 0 Å². The first-order valence-electron chi connectivity index (χ1n) is 29.1. The second kappa shape index (κ2) is 44.7. The average Bonchev–Trinajstić information content (AvgIpc) is 3.44. The predicted octanol–water partition coefficient (Wildman–Crippen LogP) is 15.7. The van der Waals surface area contributed by atoms with Crippen LogP contribution in [0.2, 0.25) is 0 Å². The van der Waals surface area contributed by atoms with Crippen LogP contribution in [0.3, 0.4) is 0 Å². The van der Waals surface area contributed by atoms with E-state index < -0.39 is 5.54 Å². The average molecular weight is 1280 g/mol. The third-order valence-electron chi connectivity index (χ3n) is 15.1. The lowest BCUT2D eigenvalue weighted by atomic mass is 9.72. The Morgan fingerprint density at radius 2 is 0.961 bits per heavy atom. The number of carbonyl (C=O) groups excluding carboxylic acids is 2. The zero-order valence-corrected chi connectivity index (χ0v) is 52.1. The Hall–Kier alpha value is -2.96. The van der Waals surface area contributed by atoms with Crippen molar-refractivity contribution in [3.05, 3.63) is 80.4 Å². The van der Waals surface area contributed by atoms with Crippen LogP contribution in [0.25, 0.3) is 21.5 Å². The number of halogens is 3. The number of benzene rings is 3. The van der Waals surface area contributed by atoms with E-state index in [9.17, 15) is 29.8 Å². The molecule has 14 nitrogen and oxygen atoms in total. The highest BCUT2D eigenvalue weighted by Gasteiger charge is 2.40. The summed E-state index contributed by atoms with van der Waals surface area (Å²) in [5, 5.41) is 61.6. The summed E-state index contributed by atoms with van der Waals surface area (Å²) in [4.78, 5) is 46.4. The number of aliphatic hydroxyl groups is 3. The van der Waals surface area contributed by atoms with E-state index >= 15 is 0 Å². The van der Waals surface area contributed by atoms with Gasteiger partial charge in [0.2, 0.25) is 18.0 Å². The van der Waals surface area contributed by atoms with E-state index in [2.05, 4.69) is 110 Å². The molecule has 0 atom stereocenters. The lowest BCUT2D eigenvalue weighted by Gasteiger charge is -2.34. The van der Waals surface area contributed by atoms with Crippen LogP contribution in [0.1, 0.15) is 206 Å². The normalized spacial score (nSPS) is 11.6. The summed E-state index contributed by atoms with van der Waals surface area (Å²) >= 11 is 10.8. The maximum absolute atomic E-state index is 12.6. The molecule has 0 saturated carbocycles. The summed E-state index contributed by atoms with van der Waals surface area (Å²) in [6.07, 6.45) is 25.5. The van der Waals surface area contributed by atoms with Crippen LogP contribution in [0.15, 0.2) is 54.6 Å². The molecule has 0 heterocycles. The Labute approximate surface area is 487 Å². The Morgan fingerprint density at radius 3 is 1.36 bits per heavy atom. The number of fused-ring (bicyclic) bond motifs is 2. The minimum Gasteiger partial charge on any atom is -0.445 e. The number of hydrogen-bond acceptors (Lipinski definition) is 10. The van der Waals surface area contributed by atoms with Crippen molar-refractivity contribution in [1.29, 1.82) is 0 Å². The van der Waals surface area contributed by atoms with E-state index in [1.807, 2.05) is 24.3 Å². The van der Waals surface area contributed by atoms with Crippen LogP contribution >= 0.6 is 47.8 Å². The zero-order valence-electron chi connectivity index (χ0n) is 47.3. The van der Waals surface area contributed by atoms with Gasteiger partial charge in [0.05, 0.1) is 0 Å². The van der Waals surface area contributed by atoms with Gasteiger partial charge in [0, 0.05) is 96.4 Å². The van der Waals surface area contributed by atoms with Crippen LogP contribution in [-0.4, -0.2) is 98.2 Å². The fourth-order valence-corrected chi connectivity index (χ4v) is 11.5. The molecule has 3 rings (SSSR count). The molecular weight excluding hydrogens is 1180 g/mol. The largest absolute Gasteiger partial charge is 0.445 e. The second-order valence-corrected chi connectivity index (χ2v) is 23.4. The van der Waals surface area contributed by atoms with E-state index in [0.717, 1.165) is 101 Å². The number of nitrogens with one attached hydrogen (secondary N) is 2. The van der Waals surface area contributed by atoms with Crippen molar-refractivity contribution >= 4 is 81.3 Å². The number of alkyl carbamates (subject to hydrolysis) is 1. The number of carbonyl (C=O) groups is 2. The SMILES string of the molecule is CCCCC(CCCC)(CCCC)CC[N+](=O)[O-].O=C(CCC(CCCBr)(CCCBr)CCCBr)NCCCCCCNC(=O)OCc1c2ccccc2cc2ccccc12.O=[N+]([O-])C(CCCO)(CCCO)CCCO. The van der Waals surface area contributed by atoms with Crippen molar-refractivity contribution in [1.82, 2.24) is 10.6 Å². The van der Waals surface area contributed by atoms with Gasteiger partial charge in [-0.2, -0.15) is 0 Å². The van der Waals surface area contributed by atoms with Gasteiger partial charge in [-0.05, 0) is 135 Å². The molecule has 3 aromatic rings. The third kappa shape index (κ3) is 30.4. The van der Waals surface area contributed by atoms with Crippen molar-refractivity contribution < 1.29 is 39.5 Å². The maximum atomic E-state index is 12.6. The molecule has 2 amide bonds. The van der Waals surface area contributed by atoms with Gasteiger partial charge < -0.3 is 30.7 Å². The number of amides is 2. The van der Waals surface area contributed by atoms with Gasteiger partial charge in [0.1, 0.15) is 6.61 Å². The number of rotatable bonds is 43. The van der Waals surface area contributed by atoms with E-state index in [-0.39, 0.29) is 84.9 Å². The lowest BCUT2D eigenvalue weighted by molar-refractivity contribution is -0.574. The molecule has 77 heavy (non-hydrogen) atoms. The van der Waals surface area contributed by atoms with Crippen LogP contribution in [-0.2, 0) is 16.1 Å². The molecule has 0 bridgehead atoms. The van der Waals surface area contributed by atoms with Crippen molar-refractivity contribution in [3.8, 4) is 0 Å². The minimum absolute atomic E-state index is 0.0756.